The lowest BCUT2D eigenvalue weighted by Crippen LogP contribution is -2.47. The zero-order chi connectivity index (χ0) is 19.9. The summed E-state index contributed by atoms with van der Waals surface area (Å²) >= 11 is 0. The van der Waals surface area contributed by atoms with Crippen molar-refractivity contribution < 1.29 is 18.7 Å². The molecular formula is C21H24FN3O3. The Morgan fingerprint density at radius 1 is 1.11 bits per heavy atom. The number of nitrogens with zero attached hydrogens (tertiary/aromatic N) is 1. The lowest BCUT2D eigenvalue weighted by atomic mass is 10.0. The minimum Gasteiger partial charge on any atom is -0.494 e. The Kier molecular flexibility index (Phi) is 6.47. The highest BCUT2D eigenvalue weighted by molar-refractivity contribution is 5.94. The predicted octanol–water partition coefficient (Wildman–Crippen LogP) is 3.65. The number of likely N-dealkylation sites (tertiary alicyclic amines) is 1. The molecule has 1 saturated heterocycles. The summed E-state index contributed by atoms with van der Waals surface area (Å²) in [6, 6.07) is 12.7. The molecule has 1 heterocycles. The van der Waals surface area contributed by atoms with Gasteiger partial charge in [0, 0.05) is 24.7 Å². The molecule has 1 fully saturated rings. The average molecular weight is 385 g/mol. The maximum Gasteiger partial charge on any atom is 0.321 e. The monoisotopic (exact) mass is 385 g/mol. The van der Waals surface area contributed by atoms with Gasteiger partial charge in [-0.2, -0.15) is 0 Å². The van der Waals surface area contributed by atoms with Crippen molar-refractivity contribution in [2.24, 2.45) is 0 Å². The molecule has 6 nitrogen and oxygen atoms in total. The number of nitrogens with one attached hydrogen (secondary N) is 2. The highest BCUT2D eigenvalue weighted by Crippen LogP contribution is 2.17. The van der Waals surface area contributed by atoms with E-state index in [1.807, 2.05) is 6.92 Å². The van der Waals surface area contributed by atoms with Crippen LogP contribution in [0.1, 0.15) is 30.1 Å². The van der Waals surface area contributed by atoms with Gasteiger partial charge in [0.1, 0.15) is 11.6 Å². The third-order valence-electron chi connectivity index (χ3n) is 4.66. The van der Waals surface area contributed by atoms with Crippen LogP contribution in [0, 0.1) is 5.82 Å². The first kappa shape index (κ1) is 19.7. The minimum atomic E-state index is -0.464. The quantitative estimate of drug-likeness (QED) is 0.825. The summed E-state index contributed by atoms with van der Waals surface area (Å²) in [5.74, 6) is 0.124. The number of urea groups is 1. The smallest absolute Gasteiger partial charge is 0.321 e. The fraction of sp³-hybridized carbons (Fsp3) is 0.333. The van der Waals surface area contributed by atoms with Crippen molar-refractivity contribution in [3.05, 3.63) is 59.9 Å². The molecule has 0 aliphatic carbocycles. The van der Waals surface area contributed by atoms with Gasteiger partial charge in [-0.1, -0.05) is 12.1 Å². The lowest BCUT2D eigenvalue weighted by molar-refractivity contribution is 0.0919. The third-order valence-corrected chi connectivity index (χ3v) is 4.66. The summed E-state index contributed by atoms with van der Waals surface area (Å²) in [7, 11) is 0. The minimum absolute atomic E-state index is 0.00317. The predicted molar refractivity (Wildman–Crippen MR) is 105 cm³/mol. The number of hydrogen-bond acceptors (Lipinski definition) is 3. The maximum atomic E-state index is 13.7. The van der Waals surface area contributed by atoms with E-state index in [0.29, 0.717) is 38.1 Å². The Bertz CT molecular complexity index is 818. The Balaban J connectivity index is 1.47. The van der Waals surface area contributed by atoms with Crippen molar-refractivity contribution in [2.75, 3.05) is 25.0 Å². The molecule has 0 saturated carbocycles. The molecule has 0 radical (unpaired) electrons. The summed E-state index contributed by atoms with van der Waals surface area (Å²) in [6.07, 6.45) is 1.29. The second-order valence-corrected chi connectivity index (χ2v) is 6.60. The third kappa shape index (κ3) is 5.00. The van der Waals surface area contributed by atoms with Crippen LogP contribution in [0.15, 0.2) is 48.5 Å². The van der Waals surface area contributed by atoms with Crippen molar-refractivity contribution in [2.45, 2.75) is 25.8 Å². The highest BCUT2D eigenvalue weighted by Gasteiger charge is 2.24. The largest absolute Gasteiger partial charge is 0.494 e. The van der Waals surface area contributed by atoms with E-state index in [0.717, 1.165) is 5.75 Å². The molecule has 2 aromatic carbocycles. The number of anilines is 1. The first-order valence-electron chi connectivity index (χ1n) is 9.41. The van der Waals surface area contributed by atoms with Crippen LogP contribution in [0.4, 0.5) is 14.9 Å². The number of ether oxygens (including phenoxy) is 1. The number of carbonyl (C=O) groups excluding carboxylic acids is 2. The van der Waals surface area contributed by atoms with Crippen molar-refractivity contribution in [3.8, 4) is 5.75 Å². The van der Waals surface area contributed by atoms with Gasteiger partial charge in [0.05, 0.1) is 12.3 Å². The average Bonchev–Trinajstić information content (AvgIpc) is 2.71. The van der Waals surface area contributed by atoms with Gasteiger partial charge in [-0.25, -0.2) is 9.18 Å². The van der Waals surface area contributed by atoms with Crippen molar-refractivity contribution >= 4 is 17.6 Å². The summed E-state index contributed by atoms with van der Waals surface area (Å²) in [5.41, 5.74) is 0.738. The lowest BCUT2D eigenvalue weighted by Gasteiger charge is -2.32. The number of benzene rings is 2. The summed E-state index contributed by atoms with van der Waals surface area (Å²) in [6.45, 7) is 3.47. The zero-order valence-electron chi connectivity index (χ0n) is 15.8. The second kappa shape index (κ2) is 9.21. The van der Waals surface area contributed by atoms with Gasteiger partial charge in [-0.05, 0) is 56.2 Å². The van der Waals surface area contributed by atoms with E-state index in [9.17, 15) is 14.0 Å². The Morgan fingerprint density at radius 3 is 2.43 bits per heavy atom. The molecule has 148 valence electrons. The molecule has 0 atom stereocenters. The number of carbonyl (C=O) groups is 2. The van der Waals surface area contributed by atoms with Gasteiger partial charge in [0.25, 0.3) is 5.91 Å². The highest BCUT2D eigenvalue weighted by atomic mass is 19.1. The summed E-state index contributed by atoms with van der Waals surface area (Å²) in [4.78, 5) is 26.3. The van der Waals surface area contributed by atoms with E-state index >= 15 is 0 Å². The molecule has 2 aromatic rings. The number of rotatable bonds is 5. The Morgan fingerprint density at radius 2 is 1.79 bits per heavy atom. The maximum absolute atomic E-state index is 13.7. The van der Waals surface area contributed by atoms with Gasteiger partial charge in [0.2, 0.25) is 0 Å². The van der Waals surface area contributed by atoms with E-state index in [1.54, 1.807) is 41.3 Å². The number of piperidine rings is 1. The SMILES string of the molecule is CCOc1ccc(C(=O)NC2CCN(C(=O)Nc3ccccc3F)CC2)cc1. The fourth-order valence-corrected chi connectivity index (χ4v) is 3.12. The molecule has 28 heavy (non-hydrogen) atoms. The van der Waals surface area contributed by atoms with E-state index in [-0.39, 0.29) is 23.7 Å². The van der Waals surface area contributed by atoms with Crippen molar-refractivity contribution in [3.63, 3.8) is 0 Å². The van der Waals surface area contributed by atoms with Crippen LogP contribution in [-0.4, -0.2) is 42.6 Å². The van der Waals surface area contributed by atoms with E-state index in [2.05, 4.69) is 10.6 Å². The van der Waals surface area contributed by atoms with Crippen LogP contribution >= 0.6 is 0 Å². The van der Waals surface area contributed by atoms with Crippen LogP contribution in [-0.2, 0) is 0 Å². The molecule has 0 unspecified atom stereocenters. The van der Waals surface area contributed by atoms with E-state index in [1.165, 1.54) is 12.1 Å². The molecule has 2 N–H and O–H groups in total. The molecule has 0 bridgehead atoms. The second-order valence-electron chi connectivity index (χ2n) is 6.60. The number of halogens is 1. The van der Waals surface area contributed by atoms with Crippen LogP contribution in [0.25, 0.3) is 0 Å². The normalized spacial score (nSPS) is 14.4. The van der Waals surface area contributed by atoms with Gasteiger partial charge < -0.3 is 20.3 Å². The van der Waals surface area contributed by atoms with Gasteiger partial charge in [-0.15, -0.1) is 0 Å². The van der Waals surface area contributed by atoms with E-state index < -0.39 is 5.82 Å². The van der Waals surface area contributed by atoms with Crippen LogP contribution in [0.2, 0.25) is 0 Å². The Hall–Kier alpha value is -3.09. The van der Waals surface area contributed by atoms with Crippen molar-refractivity contribution in [1.29, 1.82) is 0 Å². The first-order chi connectivity index (χ1) is 13.6. The van der Waals surface area contributed by atoms with Crippen LogP contribution in [0.5, 0.6) is 5.75 Å². The standard InChI is InChI=1S/C21H24FN3O3/c1-2-28-17-9-7-15(8-10-17)20(26)23-16-11-13-25(14-12-16)21(27)24-19-6-4-3-5-18(19)22/h3-10,16H,2,11-14H2,1H3,(H,23,26)(H,24,27). The first-order valence-corrected chi connectivity index (χ1v) is 9.41. The van der Waals surface area contributed by atoms with Crippen LogP contribution in [0.3, 0.4) is 0 Å². The molecule has 7 heteroatoms. The van der Waals surface area contributed by atoms with Crippen molar-refractivity contribution in [1.82, 2.24) is 10.2 Å². The molecule has 1 aliphatic heterocycles. The number of para-hydroxylation sites is 1. The van der Waals surface area contributed by atoms with Gasteiger partial charge in [0.15, 0.2) is 0 Å². The van der Waals surface area contributed by atoms with E-state index in [4.69, 9.17) is 4.74 Å². The van der Waals surface area contributed by atoms with Crippen LogP contribution < -0.4 is 15.4 Å². The topological polar surface area (TPSA) is 70.7 Å². The summed E-state index contributed by atoms with van der Waals surface area (Å²) < 4.78 is 19.0. The molecule has 3 rings (SSSR count). The summed E-state index contributed by atoms with van der Waals surface area (Å²) in [5, 5.41) is 5.60. The molecule has 0 aromatic heterocycles. The fourth-order valence-electron chi connectivity index (χ4n) is 3.12. The molecular weight excluding hydrogens is 361 g/mol. The number of hydrogen-bond donors (Lipinski definition) is 2. The molecule has 0 spiro atoms. The number of amides is 3. The molecule has 1 aliphatic rings. The Labute approximate surface area is 163 Å². The van der Waals surface area contributed by atoms with Gasteiger partial charge >= 0.3 is 6.03 Å². The zero-order valence-corrected chi connectivity index (χ0v) is 15.8. The molecule has 3 amide bonds. The van der Waals surface area contributed by atoms with Gasteiger partial charge in [-0.3, -0.25) is 4.79 Å².